The number of hydrogen-bond donors (Lipinski definition) is 3. The van der Waals surface area contributed by atoms with Crippen LogP contribution in [0.1, 0.15) is 6.42 Å². The summed E-state index contributed by atoms with van der Waals surface area (Å²) in [6.45, 7) is 0. The summed E-state index contributed by atoms with van der Waals surface area (Å²) in [7, 11) is -3.82. The molecule has 1 aliphatic heterocycles. The highest BCUT2D eigenvalue weighted by Gasteiger charge is 2.64. The first-order valence-electron chi connectivity index (χ1n) is 4.19. The minimum atomic E-state index is -3.82. The Hall–Kier alpha value is -0.660. The van der Waals surface area contributed by atoms with Gasteiger partial charge in [0.1, 0.15) is 0 Å². The predicted molar refractivity (Wildman–Crippen MR) is 44.3 cm³/mol. The third kappa shape index (κ3) is 0.971. The minimum absolute atomic E-state index is 0.0433. The fourth-order valence-electron chi connectivity index (χ4n) is 2.41. The fourth-order valence-corrected chi connectivity index (χ4v) is 4.86. The zero-order valence-corrected chi connectivity index (χ0v) is 7.88. The van der Waals surface area contributed by atoms with E-state index in [1.54, 1.807) is 0 Å². The Morgan fingerprint density at radius 3 is 2.21 bits per heavy atom. The average molecular weight is 222 g/mol. The van der Waals surface area contributed by atoms with Crippen LogP contribution in [-0.4, -0.2) is 52.4 Å². The van der Waals surface area contributed by atoms with Gasteiger partial charge in [-0.25, -0.2) is 8.42 Å². The van der Waals surface area contributed by atoms with E-state index < -0.39 is 44.4 Å². The second-order valence-electron chi connectivity index (χ2n) is 3.77. The van der Waals surface area contributed by atoms with Crippen molar-refractivity contribution in [1.82, 2.24) is 0 Å². The smallest absolute Gasteiger partial charge is 0.322 e. The van der Waals surface area contributed by atoms with Gasteiger partial charge in [-0.1, -0.05) is 0 Å². The molecule has 80 valence electrons. The van der Waals surface area contributed by atoms with Gasteiger partial charge in [-0.2, -0.15) is 0 Å². The summed E-state index contributed by atoms with van der Waals surface area (Å²) in [4.78, 5) is 10.7. The quantitative estimate of drug-likeness (QED) is 0.472. The number of hydrogen-bond acceptors (Lipinski definition) is 5. The van der Waals surface area contributed by atoms with Crippen LogP contribution in [-0.2, 0) is 14.6 Å². The monoisotopic (exact) mass is 222 g/mol. The third-order valence-corrected chi connectivity index (χ3v) is 5.66. The number of sulfone groups is 1. The number of fused-ring (bicyclic) bond motifs is 2. The lowest BCUT2D eigenvalue weighted by Gasteiger charge is -2.26. The molecule has 0 radical (unpaired) electrons. The van der Waals surface area contributed by atoms with Crippen molar-refractivity contribution >= 4 is 15.8 Å². The van der Waals surface area contributed by atoms with E-state index >= 15 is 0 Å². The first-order valence-corrected chi connectivity index (χ1v) is 5.80. The summed E-state index contributed by atoms with van der Waals surface area (Å²) >= 11 is 0. The van der Waals surface area contributed by atoms with Crippen molar-refractivity contribution in [2.75, 3.05) is 0 Å². The molecule has 0 aromatic heterocycles. The van der Waals surface area contributed by atoms with Crippen LogP contribution in [0.2, 0.25) is 0 Å². The van der Waals surface area contributed by atoms with Gasteiger partial charge in [0.25, 0.3) is 0 Å². The van der Waals surface area contributed by atoms with E-state index in [1.165, 1.54) is 0 Å². The molecular formula is C7H10O6S. The zero-order chi connectivity index (χ0) is 10.7. The Bertz CT molecular complexity index is 374. The van der Waals surface area contributed by atoms with Gasteiger partial charge in [0.2, 0.25) is 0 Å². The van der Waals surface area contributed by atoms with Crippen LogP contribution < -0.4 is 0 Å². The van der Waals surface area contributed by atoms with Crippen LogP contribution in [0, 0.1) is 5.92 Å². The normalized spacial score (nSPS) is 49.4. The fraction of sp³-hybridized carbons (Fsp3) is 0.857. The van der Waals surface area contributed by atoms with Crippen LogP contribution in [0.3, 0.4) is 0 Å². The molecule has 2 rings (SSSR count). The van der Waals surface area contributed by atoms with Gasteiger partial charge >= 0.3 is 5.97 Å². The SMILES string of the molecule is O=C(O)C1C2CC(C(O)C2O)S1(=O)=O. The van der Waals surface area contributed by atoms with E-state index in [9.17, 15) is 23.4 Å². The predicted octanol–water partition coefficient (Wildman–Crippen LogP) is -2.02. The lowest BCUT2D eigenvalue weighted by molar-refractivity contribution is -0.138. The number of carboxylic acids is 1. The number of aliphatic hydroxyl groups is 2. The topological polar surface area (TPSA) is 112 Å². The van der Waals surface area contributed by atoms with E-state index in [-0.39, 0.29) is 6.42 Å². The van der Waals surface area contributed by atoms with Gasteiger partial charge in [-0.3, -0.25) is 4.79 Å². The molecule has 2 bridgehead atoms. The van der Waals surface area contributed by atoms with Crippen molar-refractivity contribution in [3.8, 4) is 0 Å². The molecule has 0 aromatic rings. The molecule has 5 unspecified atom stereocenters. The van der Waals surface area contributed by atoms with Crippen molar-refractivity contribution < 1.29 is 28.5 Å². The highest BCUT2D eigenvalue weighted by molar-refractivity contribution is 7.93. The van der Waals surface area contributed by atoms with Crippen molar-refractivity contribution in [3.05, 3.63) is 0 Å². The van der Waals surface area contributed by atoms with Crippen molar-refractivity contribution in [3.63, 3.8) is 0 Å². The molecule has 5 atom stereocenters. The van der Waals surface area contributed by atoms with Gasteiger partial charge in [0.05, 0.1) is 17.5 Å². The van der Waals surface area contributed by atoms with Crippen LogP contribution in [0.4, 0.5) is 0 Å². The molecule has 3 N–H and O–H groups in total. The highest BCUT2D eigenvalue weighted by Crippen LogP contribution is 2.45. The second kappa shape index (κ2) is 2.68. The van der Waals surface area contributed by atoms with Crippen LogP contribution >= 0.6 is 0 Å². The molecule has 1 saturated heterocycles. The molecule has 1 heterocycles. The number of aliphatic hydroxyl groups excluding tert-OH is 2. The van der Waals surface area contributed by atoms with Crippen LogP contribution in [0.15, 0.2) is 0 Å². The van der Waals surface area contributed by atoms with Gasteiger partial charge in [-0.15, -0.1) is 0 Å². The summed E-state index contributed by atoms with van der Waals surface area (Å²) in [5.74, 6) is -2.30. The van der Waals surface area contributed by atoms with Crippen LogP contribution in [0.25, 0.3) is 0 Å². The van der Waals surface area contributed by atoms with E-state index in [2.05, 4.69) is 0 Å². The van der Waals surface area contributed by atoms with E-state index in [4.69, 9.17) is 5.11 Å². The summed E-state index contributed by atoms with van der Waals surface area (Å²) in [6.07, 6.45) is -2.52. The molecule has 2 aliphatic rings. The molecule has 2 fully saturated rings. The van der Waals surface area contributed by atoms with Crippen molar-refractivity contribution in [1.29, 1.82) is 0 Å². The van der Waals surface area contributed by atoms with Gasteiger partial charge < -0.3 is 15.3 Å². The lowest BCUT2D eigenvalue weighted by Crippen LogP contribution is -2.50. The average Bonchev–Trinajstić information content (AvgIpc) is 2.46. The number of carbonyl (C=O) groups is 1. The van der Waals surface area contributed by atoms with E-state index in [1.807, 2.05) is 0 Å². The van der Waals surface area contributed by atoms with E-state index in [0.717, 1.165) is 0 Å². The maximum absolute atomic E-state index is 11.5. The molecule has 7 heteroatoms. The molecule has 0 amide bonds. The number of rotatable bonds is 1. The largest absolute Gasteiger partial charge is 0.480 e. The zero-order valence-electron chi connectivity index (χ0n) is 7.07. The van der Waals surface area contributed by atoms with Gasteiger partial charge in [-0.05, 0) is 6.42 Å². The minimum Gasteiger partial charge on any atom is -0.480 e. The Balaban J connectivity index is 2.45. The molecule has 14 heavy (non-hydrogen) atoms. The van der Waals surface area contributed by atoms with Gasteiger partial charge in [0, 0.05) is 5.92 Å². The molecule has 1 aliphatic carbocycles. The Morgan fingerprint density at radius 2 is 1.79 bits per heavy atom. The van der Waals surface area contributed by atoms with E-state index in [0.29, 0.717) is 0 Å². The summed E-state index contributed by atoms with van der Waals surface area (Å²) < 4.78 is 23.0. The molecule has 0 spiro atoms. The lowest BCUT2D eigenvalue weighted by atomic mass is 10.0. The molecule has 6 nitrogen and oxygen atoms in total. The first kappa shape index (κ1) is 9.88. The number of aliphatic carboxylic acids is 1. The van der Waals surface area contributed by atoms with Crippen molar-refractivity contribution in [2.45, 2.75) is 29.1 Å². The molecule has 1 saturated carbocycles. The summed E-state index contributed by atoms with van der Waals surface area (Å²) in [5, 5.41) is 24.7. The maximum Gasteiger partial charge on any atom is 0.322 e. The summed E-state index contributed by atoms with van der Waals surface area (Å²) in [5.41, 5.74) is 0. The Labute approximate surface area is 80.1 Å². The molecular weight excluding hydrogens is 212 g/mol. The first-order chi connectivity index (χ1) is 6.37. The summed E-state index contributed by atoms with van der Waals surface area (Å²) in [6, 6.07) is 0. The Morgan fingerprint density at radius 1 is 1.21 bits per heavy atom. The van der Waals surface area contributed by atoms with Crippen LogP contribution in [0.5, 0.6) is 0 Å². The molecule has 0 aromatic carbocycles. The number of carboxylic acid groups (broad SMARTS) is 1. The third-order valence-electron chi connectivity index (χ3n) is 3.08. The van der Waals surface area contributed by atoms with Crippen molar-refractivity contribution in [2.24, 2.45) is 5.92 Å². The Kier molecular flexibility index (Phi) is 1.89. The van der Waals surface area contributed by atoms with Gasteiger partial charge in [0.15, 0.2) is 15.1 Å². The standard InChI is InChI=1S/C7H10O6S/c8-4-2-1-3(5(4)9)14(12,13)6(2)7(10)11/h2-6,8-9H,1H2,(H,10,11). The maximum atomic E-state index is 11.5. The highest BCUT2D eigenvalue weighted by atomic mass is 32.2. The second-order valence-corrected chi connectivity index (χ2v) is 6.06.